The van der Waals surface area contributed by atoms with E-state index in [1.165, 1.54) is 0 Å². The molecule has 0 fully saturated rings. The van der Waals surface area contributed by atoms with Crippen molar-refractivity contribution < 1.29 is 13.3 Å². The second-order valence-corrected chi connectivity index (χ2v) is 18.3. The molecule has 0 aromatic rings. The van der Waals surface area contributed by atoms with E-state index in [1.54, 1.807) is 0 Å². The monoisotopic (exact) mass is 407 g/mol. The first-order valence-corrected chi connectivity index (χ1v) is 15.7. The van der Waals surface area contributed by atoms with Gasteiger partial charge in [-0.2, -0.15) is 0 Å². The molecule has 0 rings (SSSR count). The Morgan fingerprint density at radius 2 is 1.40 bits per heavy atom. The normalized spacial score (nSPS) is 15.4. The third kappa shape index (κ3) is 11.9. The Balaban J connectivity index is 5.49. The Hall–Kier alpha value is 0.664. The van der Waals surface area contributed by atoms with Gasteiger partial charge < -0.3 is 13.3 Å². The van der Waals surface area contributed by atoms with Crippen LogP contribution in [0.1, 0.15) is 80.1 Å². The topological polar surface area (TPSA) is 27.7 Å². The SMILES string of the molecule is CCCCO[Si](CS(C)(C)[Si])(OCCCC)OC(CCC)C(C)(C)C. The molecular weight excluding hydrogens is 364 g/mol. The molecule has 1 unspecified atom stereocenters. The van der Waals surface area contributed by atoms with Crippen LogP contribution in [-0.2, 0) is 13.3 Å². The summed E-state index contributed by atoms with van der Waals surface area (Å²) in [6, 6.07) is 0. The summed E-state index contributed by atoms with van der Waals surface area (Å²) in [5, 5.41) is 0.876. The van der Waals surface area contributed by atoms with Crippen LogP contribution in [0.15, 0.2) is 0 Å². The molecule has 3 radical (unpaired) electrons. The van der Waals surface area contributed by atoms with E-state index >= 15 is 0 Å². The molecule has 0 saturated carbocycles. The summed E-state index contributed by atoms with van der Waals surface area (Å²) >= 11 is 0. The van der Waals surface area contributed by atoms with E-state index in [4.69, 9.17) is 13.3 Å². The Morgan fingerprint density at radius 1 is 0.920 bits per heavy atom. The maximum Gasteiger partial charge on any atom is 0.509 e. The predicted molar refractivity (Wildman–Crippen MR) is 117 cm³/mol. The maximum absolute atomic E-state index is 6.80. The van der Waals surface area contributed by atoms with Gasteiger partial charge in [-0.25, -0.2) is 0 Å². The molecule has 0 aromatic carbocycles. The minimum absolute atomic E-state index is 0.0850. The Morgan fingerprint density at radius 3 is 1.72 bits per heavy atom. The number of rotatable bonds is 14. The van der Waals surface area contributed by atoms with Crippen molar-refractivity contribution in [3.8, 4) is 0 Å². The molecule has 0 heterocycles. The van der Waals surface area contributed by atoms with E-state index in [-0.39, 0.29) is 11.5 Å². The van der Waals surface area contributed by atoms with Crippen molar-refractivity contribution in [2.45, 2.75) is 86.2 Å². The van der Waals surface area contributed by atoms with E-state index < -0.39 is 18.3 Å². The third-order valence-electron chi connectivity index (χ3n) is 4.02. The Labute approximate surface area is 163 Å². The molecule has 0 spiro atoms. The van der Waals surface area contributed by atoms with E-state index in [1.807, 2.05) is 0 Å². The summed E-state index contributed by atoms with van der Waals surface area (Å²) in [7, 11) is 0.250. The zero-order valence-electron chi connectivity index (χ0n) is 18.1. The summed E-state index contributed by atoms with van der Waals surface area (Å²) in [5.41, 5.74) is 0.0850. The Bertz CT molecular complexity index is 331. The molecule has 0 saturated heterocycles. The molecule has 0 N–H and O–H groups in total. The van der Waals surface area contributed by atoms with Crippen LogP contribution in [0.4, 0.5) is 0 Å². The second-order valence-electron chi connectivity index (χ2n) is 8.53. The fourth-order valence-electron chi connectivity index (χ4n) is 2.56. The third-order valence-corrected chi connectivity index (χ3v) is 11.5. The van der Waals surface area contributed by atoms with Gasteiger partial charge in [-0.1, -0.05) is 60.8 Å². The van der Waals surface area contributed by atoms with Gasteiger partial charge in [0.15, 0.2) is 0 Å². The molecule has 0 amide bonds. The van der Waals surface area contributed by atoms with Crippen LogP contribution in [0.5, 0.6) is 0 Å². The van der Waals surface area contributed by atoms with Crippen LogP contribution in [0.25, 0.3) is 0 Å². The average molecular weight is 408 g/mol. The van der Waals surface area contributed by atoms with Crippen molar-refractivity contribution in [3.63, 3.8) is 0 Å². The Kier molecular flexibility index (Phi) is 12.5. The summed E-state index contributed by atoms with van der Waals surface area (Å²) in [6.07, 6.45) is 11.2. The summed E-state index contributed by atoms with van der Waals surface area (Å²) < 4.78 is 19.7. The molecule has 25 heavy (non-hydrogen) atoms. The van der Waals surface area contributed by atoms with E-state index in [0.717, 1.165) is 57.1 Å². The number of hydrogen-bond donors (Lipinski definition) is 0. The zero-order chi connectivity index (χ0) is 19.6. The molecule has 151 valence electrons. The van der Waals surface area contributed by atoms with Gasteiger partial charge in [-0.05, 0) is 37.2 Å². The standard InChI is InChI=1S/C19H43O3SSi2/c1-9-12-15-20-25(17-23(7,8)24,21-16-13-10-2)22-18(14-11-3)19(4,5)6/h18H,9-17H2,1-8H3. The van der Waals surface area contributed by atoms with Gasteiger partial charge in [0, 0.05) is 18.6 Å². The molecule has 0 aliphatic rings. The van der Waals surface area contributed by atoms with Crippen molar-refractivity contribution >= 4 is 27.7 Å². The summed E-state index contributed by atoms with van der Waals surface area (Å²) in [6.45, 7) is 14.9. The van der Waals surface area contributed by atoms with Gasteiger partial charge in [0.1, 0.15) is 0 Å². The van der Waals surface area contributed by atoms with Crippen molar-refractivity contribution in [1.29, 1.82) is 0 Å². The van der Waals surface area contributed by atoms with Gasteiger partial charge in [-0.15, -0.1) is 0 Å². The summed E-state index contributed by atoms with van der Waals surface area (Å²) in [4.78, 5) is 0. The lowest BCUT2D eigenvalue weighted by Crippen LogP contribution is -2.55. The van der Waals surface area contributed by atoms with E-state index in [0.29, 0.717) is 0 Å². The van der Waals surface area contributed by atoms with Crippen LogP contribution < -0.4 is 0 Å². The first kappa shape index (κ1) is 25.7. The predicted octanol–water partition coefficient (Wildman–Crippen LogP) is 5.48. The molecule has 1 atom stereocenters. The molecule has 0 aliphatic carbocycles. The number of unbranched alkanes of at least 4 members (excludes halogenated alkanes) is 2. The van der Waals surface area contributed by atoms with Gasteiger partial charge >= 0.3 is 8.80 Å². The van der Waals surface area contributed by atoms with Crippen molar-refractivity contribution in [2.24, 2.45) is 5.41 Å². The quantitative estimate of drug-likeness (QED) is 0.282. The fraction of sp³-hybridized carbons (Fsp3) is 1.00. The average Bonchev–Trinajstić information content (AvgIpc) is 2.45. The van der Waals surface area contributed by atoms with Gasteiger partial charge in [0.2, 0.25) is 0 Å². The molecular formula is C19H43O3SSi2. The minimum Gasteiger partial charge on any atom is -0.373 e. The largest absolute Gasteiger partial charge is 0.509 e. The van der Waals surface area contributed by atoms with Crippen LogP contribution >= 0.6 is 9.48 Å². The van der Waals surface area contributed by atoms with Crippen LogP contribution in [0.2, 0.25) is 0 Å². The van der Waals surface area contributed by atoms with Gasteiger partial charge in [-0.3, -0.25) is 9.48 Å². The van der Waals surface area contributed by atoms with E-state index in [2.05, 4.69) is 63.4 Å². The first-order chi connectivity index (χ1) is 11.5. The molecule has 0 bridgehead atoms. The smallest absolute Gasteiger partial charge is 0.373 e. The van der Waals surface area contributed by atoms with Crippen LogP contribution in [-0.4, -0.2) is 55.4 Å². The van der Waals surface area contributed by atoms with Gasteiger partial charge in [0.25, 0.3) is 0 Å². The zero-order valence-corrected chi connectivity index (χ0v) is 20.9. The van der Waals surface area contributed by atoms with Crippen LogP contribution in [0, 0.1) is 5.41 Å². The van der Waals surface area contributed by atoms with Gasteiger partial charge in [0.05, 0.1) is 15.5 Å². The highest BCUT2D eigenvalue weighted by atomic mass is 32.4. The van der Waals surface area contributed by atoms with Crippen molar-refractivity contribution in [2.75, 3.05) is 31.1 Å². The molecule has 3 nitrogen and oxygen atoms in total. The summed E-state index contributed by atoms with van der Waals surface area (Å²) in [5.74, 6) is 0. The maximum atomic E-state index is 6.80. The van der Waals surface area contributed by atoms with Crippen molar-refractivity contribution in [1.82, 2.24) is 0 Å². The first-order valence-electron chi connectivity index (χ1n) is 9.91. The van der Waals surface area contributed by atoms with Crippen molar-refractivity contribution in [3.05, 3.63) is 0 Å². The number of hydrogen-bond acceptors (Lipinski definition) is 3. The van der Waals surface area contributed by atoms with Crippen LogP contribution in [0.3, 0.4) is 0 Å². The highest BCUT2D eigenvalue weighted by molar-refractivity contribution is 8.49. The molecule has 6 heteroatoms. The van der Waals surface area contributed by atoms with E-state index in [9.17, 15) is 0 Å². The lowest BCUT2D eigenvalue weighted by molar-refractivity contribution is -0.0160. The highest BCUT2D eigenvalue weighted by Gasteiger charge is 2.47. The fourth-order valence-corrected chi connectivity index (χ4v) is 10.7. The lowest BCUT2D eigenvalue weighted by Gasteiger charge is -2.42. The lowest BCUT2D eigenvalue weighted by atomic mass is 9.87. The molecule has 0 aromatic heterocycles. The molecule has 0 aliphatic heterocycles. The minimum atomic E-state index is -2.73. The second kappa shape index (κ2) is 12.2. The highest BCUT2D eigenvalue weighted by Crippen LogP contribution is 2.40.